The highest BCUT2D eigenvalue weighted by Crippen LogP contribution is 2.30. The van der Waals surface area contributed by atoms with Gasteiger partial charge in [-0.25, -0.2) is 0 Å². The van der Waals surface area contributed by atoms with E-state index >= 15 is 0 Å². The Hall–Kier alpha value is -1.10. The van der Waals surface area contributed by atoms with Gasteiger partial charge in [-0.15, -0.1) is 0 Å². The summed E-state index contributed by atoms with van der Waals surface area (Å²) in [5, 5.41) is 5.33. The minimum absolute atomic E-state index is 0.0655. The fraction of sp³-hybridized carbons (Fsp3) is 0.0769. The van der Waals surface area contributed by atoms with Crippen molar-refractivity contribution < 1.29 is 0 Å². The highest BCUT2D eigenvalue weighted by molar-refractivity contribution is 9.10. The van der Waals surface area contributed by atoms with Gasteiger partial charge >= 0.3 is 0 Å². The smallest absolute Gasteiger partial charge is 0.0581 e. The lowest BCUT2D eigenvalue weighted by atomic mass is 10.0. The average molecular weight is 307 g/mol. The molecule has 0 aliphatic carbocycles. The third-order valence-electron chi connectivity index (χ3n) is 2.91. The van der Waals surface area contributed by atoms with Gasteiger partial charge in [0.1, 0.15) is 0 Å². The molecular formula is C13H11BrN2S. The molecule has 0 saturated heterocycles. The van der Waals surface area contributed by atoms with Crippen LogP contribution in [0.5, 0.6) is 0 Å². The first-order valence-electron chi connectivity index (χ1n) is 5.30. The van der Waals surface area contributed by atoms with Crippen LogP contribution < -0.4 is 5.73 Å². The molecule has 3 aromatic rings. The monoisotopic (exact) mass is 306 g/mol. The molecule has 2 heterocycles. The minimum atomic E-state index is -0.0655. The molecule has 3 N–H and O–H groups in total. The maximum atomic E-state index is 6.29. The van der Waals surface area contributed by atoms with Crippen LogP contribution in [-0.4, -0.2) is 4.98 Å². The number of aromatic amines is 1. The van der Waals surface area contributed by atoms with Gasteiger partial charge in [-0.3, -0.25) is 0 Å². The van der Waals surface area contributed by atoms with E-state index in [1.54, 1.807) is 11.3 Å². The summed E-state index contributed by atoms with van der Waals surface area (Å²) in [5.74, 6) is 0. The maximum Gasteiger partial charge on any atom is 0.0581 e. The van der Waals surface area contributed by atoms with E-state index in [2.05, 4.69) is 49.9 Å². The number of aromatic nitrogens is 1. The predicted molar refractivity (Wildman–Crippen MR) is 76.3 cm³/mol. The van der Waals surface area contributed by atoms with Crippen molar-refractivity contribution in [3.8, 4) is 0 Å². The molecule has 0 amide bonds. The second kappa shape index (κ2) is 4.29. The van der Waals surface area contributed by atoms with Crippen molar-refractivity contribution in [2.75, 3.05) is 0 Å². The van der Waals surface area contributed by atoms with E-state index in [-0.39, 0.29) is 6.04 Å². The van der Waals surface area contributed by atoms with Gasteiger partial charge < -0.3 is 10.7 Å². The third kappa shape index (κ3) is 1.92. The molecular weight excluding hydrogens is 296 g/mol. The number of nitrogens with two attached hydrogens (primary N) is 1. The first-order chi connectivity index (χ1) is 8.25. The summed E-state index contributed by atoms with van der Waals surface area (Å²) in [5.41, 5.74) is 9.71. The highest BCUT2D eigenvalue weighted by atomic mass is 79.9. The molecule has 0 spiro atoms. The van der Waals surface area contributed by atoms with Crippen LogP contribution in [0.4, 0.5) is 0 Å². The standard InChI is InChI=1S/C13H11BrN2S/c14-9-1-2-12-10(5-9)11(6-16-12)13(15)8-3-4-17-7-8/h1-7,13,16H,15H2/t13-/m0/s1. The van der Waals surface area contributed by atoms with Gasteiger partial charge in [0.05, 0.1) is 6.04 Å². The first kappa shape index (κ1) is 11.0. The fourth-order valence-corrected chi connectivity index (χ4v) is 3.06. The SMILES string of the molecule is N[C@@H](c1ccsc1)c1c[nH]c2ccc(Br)cc12. The second-order valence-corrected chi connectivity index (χ2v) is 5.66. The highest BCUT2D eigenvalue weighted by Gasteiger charge is 2.14. The van der Waals surface area contributed by atoms with Crippen LogP contribution in [0.25, 0.3) is 10.9 Å². The zero-order valence-corrected chi connectivity index (χ0v) is 11.4. The summed E-state index contributed by atoms with van der Waals surface area (Å²) in [7, 11) is 0. The number of nitrogens with one attached hydrogen (secondary N) is 1. The molecule has 0 aliphatic heterocycles. The van der Waals surface area contributed by atoms with E-state index in [4.69, 9.17) is 5.73 Å². The summed E-state index contributed by atoms with van der Waals surface area (Å²) in [6.45, 7) is 0. The van der Waals surface area contributed by atoms with Crippen molar-refractivity contribution in [3.05, 3.63) is 56.8 Å². The van der Waals surface area contributed by atoms with Crippen molar-refractivity contribution >= 4 is 38.2 Å². The number of hydrogen-bond acceptors (Lipinski definition) is 2. The van der Waals surface area contributed by atoms with Gasteiger partial charge in [-0.1, -0.05) is 15.9 Å². The van der Waals surface area contributed by atoms with Crippen molar-refractivity contribution in [1.82, 2.24) is 4.98 Å². The van der Waals surface area contributed by atoms with Gasteiger partial charge in [-0.05, 0) is 46.2 Å². The fourth-order valence-electron chi connectivity index (χ4n) is 2.00. The summed E-state index contributed by atoms with van der Waals surface area (Å²) in [6.07, 6.45) is 2.00. The molecule has 2 nitrogen and oxygen atoms in total. The average Bonchev–Trinajstić information content (AvgIpc) is 2.97. The zero-order valence-electron chi connectivity index (χ0n) is 8.98. The Morgan fingerprint density at radius 3 is 2.94 bits per heavy atom. The van der Waals surface area contributed by atoms with Gasteiger partial charge in [0.25, 0.3) is 0 Å². The summed E-state index contributed by atoms with van der Waals surface area (Å²) < 4.78 is 1.07. The van der Waals surface area contributed by atoms with Crippen LogP contribution in [0.2, 0.25) is 0 Å². The molecule has 0 fully saturated rings. The molecule has 0 unspecified atom stereocenters. The number of rotatable bonds is 2. The molecule has 1 atom stereocenters. The van der Waals surface area contributed by atoms with Gasteiger partial charge in [0.15, 0.2) is 0 Å². The normalized spacial score (nSPS) is 13.1. The Labute approximate surface area is 112 Å². The Kier molecular flexibility index (Phi) is 2.78. The van der Waals surface area contributed by atoms with E-state index in [9.17, 15) is 0 Å². The molecule has 4 heteroatoms. The molecule has 0 saturated carbocycles. The van der Waals surface area contributed by atoms with Crippen LogP contribution >= 0.6 is 27.3 Å². The lowest BCUT2D eigenvalue weighted by Gasteiger charge is -2.08. The zero-order chi connectivity index (χ0) is 11.8. The second-order valence-electron chi connectivity index (χ2n) is 3.97. The van der Waals surface area contributed by atoms with Crippen LogP contribution in [0.3, 0.4) is 0 Å². The molecule has 0 aliphatic rings. The number of benzene rings is 1. The van der Waals surface area contributed by atoms with E-state index in [1.807, 2.05) is 12.3 Å². The van der Waals surface area contributed by atoms with Crippen LogP contribution in [-0.2, 0) is 0 Å². The number of halogens is 1. The largest absolute Gasteiger partial charge is 0.361 e. The lowest BCUT2D eigenvalue weighted by Crippen LogP contribution is -2.10. The van der Waals surface area contributed by atoms with Crippen molar-refractivity contribution in [1.29, 1.82) is 0 Å². The van der Waals surface area contributed by atoms with Crippen LogP contribution in [0.15, 0.2) is 45.7 Å². The molecule has 0 bridgehead atoms. The van der Waals surface area contributed by atoms with Gasteiger partial charge in [0, 0.05) is 21.6 Å². The summed E-state index contributed by atoms with van der Waals surface area (Å²) in [6, 6.07) is 8.20. The third-order valence-corrected chi connectivity index (χ3v) is 4.11. The number of hydrogen-bond donors (Lipinski definition) is 2. The molecule has 86 valence electrons. The van der Waals surface area contributed by atoms with Gasteiger partial charge in [0.2, 0.25) is 0 Å². The number of thiophene rings is 1. The Bertz CT molecular complexity index is 643. The quantitative estimate of drug-likeness (QED) is 0.737. The predicted octanol–water partition coefficient (Wildman–Crippen LogP) is 4.04. The molecule has 17 heavy (non-hydrogen) atoms. The van der Waals surface area contributed by atoms with E-state index in [0.29, 0.717) is 0 Å². The molecule has 2 aromatic heterocycles. The van der Waals surface area contributed by atoms with E-state index in [1.165, 1.54) is 5.39 Å². The first-order valence-corrected chi connectivity index (χ1v) is 7.03. The van der Waals surface area contributed by atoms with E-state index < -0.39 is 0 Å². The Morgan fingerprint density at radius 1 is 1.29 bits per heavy atom. The topological polar surface area (TPSA) is 41.8 Å². The van der Waals surface area contributed by atoms with Crippen molar-refractivity contribution in [2.45, 2.75) is 6.04 Å². The molecule has 1 aromatic carbocycles. The van der Waals surface area contributed by atoms with E-state index in [0.717, 1.165) is 21.1 Å². The molecule has 0 radical (unpaired) electrons. The summed E-state index contributed by atoms with van der Waals surface area (Å²) >= 11 is 5.17. The number of fused-ring (bicyclic) bond motifs is 1. The van der Waals surface area contributed by atoms with Gasteiger partial charge in [-0.2, -0.15) is 11.3 Å². The number of H-pyrrole nitrogens is 1. The lowest BCUT2D eigenvalue weighted by molar-refractivity contribution is 0.885. The van der Waals surface area contributed by atoms with Crippen LogP contribution in [0.1, 0.15) is 17.2 Å². The Balaban J connectivity index is 2.14. The van der Waals surface area contributed by atoms with Crippen molar-refractivity contribution in [3.63, 3.8) is 0 Å². The minimum Gasteiger partial charge on any atom is -0.361 e. The van der Waals surface area contributed by atoms with Crippen molar-refractivity contribution in [2.24, 2.45) is 5.73 Å². The summed E-state index contributed by atoms with van der Waals surface area (Å²) in [4.78, 5) is 3.26. The maximum absolute atomic E-state index is 6.29. The Morgan fingerprint density at radius 2 is 2.18 bits per heavy atom. The van der Waals surface area contributed by atoms with Crippen LogP contribution in [0, 0.1) is 0 Å². The molecule has 3 rings (SSSR count).